The molecule has 1 fully saturated rings. The van der Waals surface area contributed by atoms with E-state index in [-0.39, 0.29) is 0 Å². The summed E-state index contributed by atoms with van der Waals surface area (Å²) in [5, 5.41) is 9.92. The van der Waals surface area contributed by atoms with E-state index in [9.17, 15) is 18.3 Å². The maximum absolute atomic E-state index is 12.1. The monoisotopic (exact) mass is 279 g/mol. The van der Waals surface area contributed by atoms with E-state index in [1.165, 1.54) is 13.8 Å². The molecular weight excluding hydrogens is 258 g/mol. The van der Waals surface area contributed by atoms with Crippen LogP contribution in [0.25, 0.3) is 0 Å². The van der Waals surface area contributed by atoms with Gasteiger partial charge in [-0.3, -0.25) is 0 Å². The van der Waals surface area contributed by atoms with Gasteiger partial charge in [-0.25, -0.2) is 17.9 Å². The molecule has 1 rings (SSSR count). The Hall–Kier alpha value is -0.820. The van der Waals surface area contributed by atoms with E-state index in [1.54, 1.807) is 20.8 Å². The minimum atomic E-state index is -3.95. The molecule has 0 aromatic rings. The second kappa shape index (κ2) is 4.09. The number of ether oxygens (including phenoxy) is 1. The number of rotatable bonds is 3. The van der Waals surface area contributed by atoms with Crippen LogP contribution in [-0.2, 0) is 14.8 Å². The Bertz CT molecular complexity index is 437. The summed E-state index contributed by atoms with van der Waals surface area (Å²) in [7, 11) is -3.95. The van der Waals surface area contributed by atoms with Crippen molar-refractivity contribution < 1.29 is 23.1 Å². The smallest absolute Gasteiger partial charge is 0.421 e. The lowest BCUT2D eigenvalue weighted by Crippen LogP contribution is -2.51. The first kappa shape index (κ1) is 15.2. The number of carbonyl (C=O) groups excluding carboxylic acids is 1. The summed E-state index contributed by atoms with van der Waals surface area (Å²) < 4.78 is 29.6. The fraction of sp³-hybridized carbons (Fsp3) is 0.909. The van der Waals surface area contributed by atoms with Crippen LogP contribution in [0.2, 0.25) is 0 Å². The molecule has 2 N–H and O–H groups in total. The third kappa shape index (κ3) is 2.95. The van der Waals surface area contributed by atoms with Crippen molar-refractivity contribution >= 4 is 16.1 Å². The van der Waals surface area contributed by atoms with Crippen LogP contribution in [0.4, 0.5) is 4.79 Å². The van der Waals surface area contributed by atoms with Crippen molar-refractivity contribution in [2.24, 2.45) is 0 Å². The number of hydrogen-bond donors (Lipinski definition) is 2. The quantitative estimate of drug-likeness (QED) is 0.808. The first-order chi connectivity index (χ1) is 7.81. The van der Waals surface area contributed by atoms with Gasteiger partial charge >= 0.3 is 6.09 Å². The van der Waals surface area contributed by atoms with E-state index >= 15 is 0 Å². The second-order valence-electron chi connectivity index (χ2n) is 6.16. The molecule has 0 atom stereocenters. The number of nitrogens with one attached hydrogen (secondary N) is 1. The molecule has 6 nitrogen and oxygen atoms in total. The van der Waals surface area contributed by atoms with Crippen LogP contribution in [0.1, 0.15) is 47.5 Å². The Labute approximate surface area is 108 Å². The molecule has 18 heavy (non-hydrogen) atoms. The van der Waals surface area contributed by atoms with Crippen LogP contribution in [0.5, 0.6) is 0 Å². The summed E-state index contributed by atoms with van der Waals surface area (Å²) in [6, 6.07) is 0. The Morgan fingerprint density at radius 1 is 1.22 bits per heavy atom. The summed E-state index contributed by atoms with van der Waals surface area (Å²) >= 11 is 0. The zero-order valence-corrected chi connectivity index (χ0v) is 12.2. The van der Waals surface area contributed by atoms with Crippen LogP contribution in [0.3, 0.4) is 0 Å². The minimum Gasteiger partial charge on any atom is -0.443 e. The fourth-order valence-corrected chi connectivity index (χ4v) is 3.58. The average molecular weight is 279 g/mol. The molecule has 106 valence electrons. The van der Waals surface area contributed by atoms with Crippen molar-refractivity contribution in [2.75, 3.05) is 0 Å². The van der Waals surface area contributed by atoms with E-state index in [4.69, 9.17) is 4.74 Å². The SMILES string of the molecule is CC(C)(C)OC(=O)NS(=O)(=O)C1(C(C)(C)O)CC1. The standard InChI is InChI=1S/C11H21NO5S/c1-9(2,3)17-8(13)12-18(15,16)11(6-7-11)10(4,5)14/h14H,6-7H2,1-5H3,(H,12,13). The first-order valence-electron chi connectivity index (χ1n) is 5.78. The average Bonchev–Trinajstić information content (AvgIpc) is 2.73. The number of aliphatic hydroxyl groups is 1. The van der Waals surface area contributed by atoms with Crippen molar-refractivity contribution in [1.82, 2.24) is 4.72 Å². The highest BCUT2D eigenvalue weighted by atomic mass is 32.2. The van der Waals surface area contributed by atoms with Gasteiger partial charge in [0.05, 0.1) is 5.60 Å². The van der Waals surface area contributed by atoms with Gasteiger partial charge in [0.2, 0.25) is 10.0 Å². The molecule has 1 saturated carbocycles. The first-order valence-corrected chi connectivity index (χ1v) is 7.27. The van der Waals surface area contributed by atoms with Gasteiger partial charge in [-0.1, -0.05) is 0 Å². The molecule has 1 amide bonds. The Kier molecular flexibility index (Phi) is 3.47. The van der Waals surface area contributed by atoms with Crippen molar-refractivity contribution in [2.45, 2.75) is 63.4 Å². The molecule has 7 heteroatoms. The molecule has 0 aliphatic heterocycles. The second-order valence-corrected chi connectivity index (χ2v) is 8.15. The molecular formula is C11H21NO5S. The van der Waals surface area contributed by atoms with Crippen LogP contribution in [0.15, 0.2) is 0 Å². The zero-order chi connectivity index (χ0) is 14.4. The van der Waals surface area contributed by atoms with E-state index in [0.29, 0.717) is 12.8 Å². The molecule has 0 unspecified atom stereocenters. The van der Waals surface area contributed by atoms with Gasteiger partial charge in [-0.15, -0.1) is 0 Å². The van der Waals surface area contributed by atoms with Gasteiger partial charge in [0.25, 0.3) is 0 Å². The van der Waals surface area contributed by atoms with E-state index in [0.717, 1.165) is 0 Å². The van der Waals surface area contributed by atoms with Gasteiger partial charge in [0, 0.05) is 0 Å². The molecule has 0 aromatic carbocycles. The third-order valence-electron chi connectivity index (χ3n) is 2.95. The van der Waals surface area contributed by atoms with Gasteiger partial charge in [0.1, 0.15) is 10.3 Å². The van der Waals surface area contributed by atoms with Gasteiger partial charge < -0.3 is 9.84 Å². The molecule has 0 bridgehead atoms. The number of hydrogen-bond acceptors (Lipinski definition) is 5. The van der Waals surface area contributed by atoms with Crippen molar-refractivity contribution in [3.05, 3.63) is 0 Å². The number of carbonyl (C=O) groups is 1. The number of amides is 1. The lowest BCUT2D eigenvalue weighted by molar-refractivity contribution is 0.0552. The van der Waals surface area contributed by atoms with Gasteiger partial charge in [0.15, 0.2) is 0 Å². The highest BCUT2D eigenvalue weighted by Crippen LogP contribution is 2.51. The number of sulfonamides is 1. The van der Waals surface area contributed by atoms with Crippen molar-refractivity contribution in [3.63, 3.8) is 0 Å². The van der Waals surface area contributed by atoms with Crippen LogP contribution >= 0.6 is 0 Å². The van der Waals surface area contributed by atoms with Gasteiger partial charge in [-0.2, -0.15) is 0 Å². The van der Waals surface area contributed by atoms with Crippen molar-refractivity contribution in [3.8, 4) is 0 Å². The van der Waals surface area contributed by atoms with E-state index in [2.05, 4.69) is 0 Å². The molecule has 1 aliphatic carbocycles. The van der Waals surface area contributed by atoms with Crippen LogP contribution in [-0.4, -0.2) is 35.6 Å². The highest BCUT2D eigenvalue weighted by molar-refractivity contribution is 7.91. The van der Waals surface area contributed by atoms with Crippen molar-refractivity contribution in [1.29, 1.82) is 0 Å². The molecule has 0 radical (unpaired) electrons. The van der Waals surface area contributed by atoms with Crippen LogP contribution < -0.4 is 4.72 Å². The van der Waals surface area contributed by atoms with E-state index < -0.39 is 32.1 Å². The normalized spacial score (nSPS) is 19.2. The van der Waals surface area contributed by atoms with Crippen LogP contribution in [0, 0.1) is 0 Å². The molecule has 0 heterocycles. The lowest BCUT2D eigenvalue weighted by atomic mass is 10.0. The molecule has 0 aromatic heterocycles. The summed E-state index contributed by atoms with van der Waals surface area (Å²) in [5.41, 5.74) is -2.17. The molecule has 0 spiro atoms. The predicted octanol–water partition coefficient (Wildman–Crippen LogP) is 1.14. The molecule has 0 saturated heterocycles. The molecule has 1 aliphatic rings. The zero-order valence-electron chi connectivity index (χ0n) is 11.4. The van der Waals surface area contributed by atoms with Gasteiger partial charge in [-0.05, 0) is 47.5 Å². The maximum Gasteiger partial charge on any atom is 0.421 e. The summed E-state index contributed by atoms with van der Waals surface area (Å²) in [6.45, 7) is 7.77. The topological polar surface area (TPSA) is 92.7 Å². The predicted molar refractivity (Wildman–Crippen MR) is 66.6 cm³/mol. The minimum absolute atomic E-state index is 0.328. The fourth-order valence-electron chi connectivity index (χ4n) is 1.83. The summed E-state index contributed by atoms with van der Waals surface area (Å²) in [5.74, 6) is 0. The Balaban J connectivity index is 2.82. The third-order valence-corrected chi connectivity index (χ3v) is 5.32. The highest BCUT2D eigenvalue weighted by Gasteiger charge is 2.64. The Morgan fingerprint density at radius 2 is 1.67 bits per heavy atom. The summed E-state index contributed by atoms with van der Waals surface area (Å²) in [4.78, 5) is 11.5. The summed E-state index contributed by atoms with van der Waals surface area (Å²) in [6.07, 6.45) is -0.360. The van der Waals surface area contributed by atoms with E-state index in [1.807, 2.05) is 4.72 Å². The maximum atomic E-state index is 12.1. The lowest BCUT2D eigenvalue weighted by Gasteiger charge is -2.29. The largest absolute Gasteiger partial charge is 0.443 e. The Morgan fingerprint density at radius 3 is 1.94 bits per heavy atom.